The van der Waals surface area contributed by atoms with Crippen LogP contribution in [0.2, 0.25) is 0 Å². The standard InChI is InChI=1S/C20H23NO4S/c1-23-15-8-9-18(25-3)16(13-15)20-21(10-11-26-20)19(22)12-14-6-4-5-7-17(14)24-2/h4-9,13,20H,10-12H2,1-3H3. The van der Waals surface area contributed by atoms with Gasteiger partial charge in [-0.15, -0.1) is 11.8 Å². The smallest absolute Gasteiger partial charge is 0.228 e. The lowest BCUT2D eigenvalue weighted by Gasteiger charge is -2.26. The summed E-state index contributed by atoms with van der Waals surface area (Å²) in [7, 11) is 4.91. The normalized spacial score (nSPS) is 16.4. The van der Waals surface area contributed by atoms with Crippen molar-refractivity contribution in [2.75, 3.05) is 33.6 Å². The predicted octanol–water partition coefficient (Wildman–Crippen LogP) is 3.53. The number of nitrogens with zero attached hydrogens (tertiary/aromatic N) is 1. The molecule has 1 aliphatic rings. The fraction of sp³-hybridized carbons (Fsp3) is 0.350. The number of hydrogen-bond acceptors (Lipinski definition) is 5. The maximum atomic E-state index is 13.0. The largest absolute Gasteiger partial charge is 0.497 e. The molecule has 1 atom stereocenters. The Morgan fingerprint density at radius 1 is 1.08 bits per heavy atom. The van der Waals surface area contributed by atoms with Gasteiger partial charge in [0, 0.05) is 23.4 Å². The number of thioether (sulfide) groups is 1. The minimum atomic E-state index is -0.0812. The highest BCUT2D eigenvalue weighted by Crippen LogP contribution is 2.43. The third-order valence-electron chi connectivity index (χ3n) is 4.45. The predicted molar refractivity (Wildman–Crippen MR) is 103 cm³/mol. The van der Waals surface area contributed by atoms with Gasteiger partial charge in [0.05, 0.1) is 27.8 Å². The summed E-state index contributed by atoms with van der Waals surface area (Å²) < 4.78 is 16.2. The number of ether oxygens (including phenoxy) is 3. The molecule has 0 bridgehead atoms. The molecule has 0 N–H and O–H groups in total. The summed E-state index contributed by atoms with van der Waals surface area (Å²) in [5.41, 5.74) is 1.86. The third kappa shape index (κ3) is 3.75. The zero-order valence-electron chi connectivity index (χ0n) is 15.2. The molecule has 1 heterocycles. The molecule has 0 aromatic heterocycles. The lowest BCUT2D eigenvalue weighted by atomic mass is 10.1. The fourth-order valence-electron chi connectivity index (χ4n) is 3.13. The molecule has 138 valence electrons. The number of carbonyl (C=O) groups is 1. The summed E-state index contributed by atoms with van der Waals surface area (Å²) in [4.78, 5) is 14.9. The van der Waals surface area contributed by atoms with Gasteiger partial charge in [0.1, 0.15) is 22.6 Å². The molecule has 1 fully saturated rings. The lowest BCUT2D eigenvalue weighted by molar-refractivity contribution is -0.130. The van der Waals surface area contributed by atoms with E-state index in [0.29, 0.717) is 13.0 Å². The van der Waals surface area contributed by atoms with Crippen LogP contribution in [-0.2, 0) is 11.2 Å². The fourth-order valence-corrected chi connectivity index (χ4v) is 4.42. The van der Waals surface area contributed by atoms with E-state index in [9.17, 15) is 4.79 Å². The first-order valence-corrected chi connectivity index (χ1v) is 9.47. The molecule has 2 aromatic carbocycles. The summed E-state index contributed by atoms with van der Waals surface area (Å²) in [5.74, 6) is 3.23. The number of amides is 1. The number of hydrogen-bond donors (Lipinski definition) is 0. The SMILES string of the molecule is COc1ccc(OC)c(C2SCCN2C(=O)Cc2ccccc2OC)c1. The molecule has 0 radical (unpaired) electrons. The number of benzene rings is 2. The van der Waals surface area contributed by atoms with Crippen LogP contribution in [0, 0.1) is 0 Å². The van der Waals surface area contributed by atoms with E-state index in [2.05, 4.69) is 0 Å². The van der Waals surface area contributed by atoms with Crippen molar-refractivity contribution in [3.05, 3.63) is 53.6 Å². The molecule has 6 heteroatoms. The third-order valence-corrected chi connectivity index (χ3v) is 5.69. The second kappa shape index (κ2) is 8.36. The number of para-hydroxylation sites is 1. The van der Waals surface area contributed by atoms with E-state index >= 15 is 0 Å². The van der Waals surface area contributed by atoms with Crippen molar-refractivity contribution < 1.29 is 19.0 Å². The lowest BCUT2D eigenvalue weighted by Crippen LogP contribution is -2.32. The van der Waals surface area contributed by atoms with Crippen LogP contribution in [0.25, 0.3) is 0 Å². The zero-order valence-corrected chi connectivity index (χ0v) is 16.0. The Labute approximate surface area is 158 Å². The first-order chi connectivity index (χ1) is 12.7. The van der Waals surface area contributed by atoms with Crippen molar-refractivity contribution >= 4 is 17.7 Å². The molecule has 26 heavy (non-hydrogen) atoms. The molecular formula is C20H23NO4S. The quantitative estimate of drug-likeness (QED) is 0.775. The highest BCUT2D eigenvalue weighted by Gasteiger charge is 2.33. The van der Waals surface area contributed by atoms with Crippen molar-refractivity contribution in [2.45, 2.75) is 11.8 Å². The van der Waals surface area contributed by atoms with Crippen LogP contribution in [0.15, 0.2) is 42.5 Å². The Hall–Kier alpha value is -2.34. The van der Waals surface area contributed by atoms with Gasteiger partial charge in [0.2, 0.25) is 5.91 Å². The summed E-state index contributed by atoms with van der Waals surface area (Å²) in [6.07, 6.45) is 0.313. The van der Waals surface area contributed by atoms with E-state index in [1.54, 1.807) is 33.1 Å². The van der Waals surface area contributed by atoms with Crippen LogP contribution in [0.3, 0.4) is 0 Å². The molecule has 1 amide bonds. The van der Waals surface area contributed by atoms with Gasteiger partial charge < -0.3 is 19.1 Å². The van der Waals surface area contributed by atoms with Gasteiger partial charge in [-0.25, -0.2) is 0 Å². The summed E-state index contributed by atoms with van der Waals surface area (Å²) in [6, 6.07) is 13.3. The van der Waals surface area contributed by atoms with E-state index < -0.39 is 0 Å². The summed E-state index contributed by atoms with van der Waals surface area (Å²) in [6.45, 7) is 0.712. The van der Waals surface area contributed by atoms with Gasteiger partial charge in [-0.2, -0.15) is 0 Å². The highest BCUT2D eigenvalue weighted by atomic mass is 32.2. The molecule has 1 unspecified atom stereocenters. The van der Waals surface area contributed by atoms with Gasteiger partial charge >= 0.3 is 0 Å². The van der Waals surface area contributed by atoms with Crippen LogP contribution >= 0.6 is 11.8 Å². The van der Waals surface area contributed by atoms with Crippen LogP contribution in [-0.4, -0.2) is 44.4 Å². The average molecular weight is 373 g/mol. The summed E-state index contributed by atoms with van der Waals surface area (Å²) in [5, 5.41) is -0.0812. The van der Waals surface area contributed by atoms with Crippen LogP contribution < -0.4 is 14.2 Å². The van der Waals surface area contributed by atoms with Crippen molar-refractivity contribution in [1.82, 2.24) is 4.90 Å². The van der Waals surface area contributed by atoms with E-state index in [1.807, 2.05) is 47.4 Å². The maximum absolute atomic E-state index is 13.0. The number of methoxy groups -OCH3 is 3. The average Bonchev–Trinajstić information content (AvgIpc) is 3.17. The van der Waals surface area contributed by atoms with Crippen LogP contribution in [0.5, 0.6) is 17.2 Å². The Kier molecular flexibility index (Phi) is 5.93. The van der Waals surface area contributed by atoms with Crippen molar-refractivity contribution in [2.24, 2.45) is 0 Å². The van der Waals surface area contributed by atoms with Gasteiger partial charge in [-0.3, -0.25) is 4.79 Å². The molecule has 1 saturated heterocycles. The molecule has 0 saturated carbocycles. The monoisotopic (exact) mass is 373 g/mol. The first kappa shape index (κ1) is 18.5. The molecule has 0 aliphatic carbocycles. The van der Waals surface area contributed by atoms with E-state index in [0.717, 1.165) is 34.1 Å². The minimum absolute atomic E-state index is 0.0781. The minimum Gasteiger partial charge on any atom is -0.497 e. The van der Waals surface area contributed by atoms with Crippen molar-refractivity contribution in [3.8, 4) is 17.2 Å². The van der Waals surface area contributed by atoms with Gasteiger partial charge in [0.15, 0.2) is 0 Å². The zero-order chi connectivity index (χ0) is 18.5. The van der Waals surface area contributed by atoms with Gasteiger partial charge in [-0.1, -0.05) is 18.2 Å². The number of carbonyl (C=O) groups excluding carboxylic acids is 1. The number of rotatable bonds is 6. The van der Waals surface area contributed by atoms with Crippen molar-refractivity contribution in [1.29, 1.82) is 0 Å². The van der Waals surface area contributed by atoms with Crippen LogP contribution in [0.4, 0.5) is 0 Å². The molecule has 0 spiro atoms. The van der Waals surface area contributed by atoms with E-state index in [1.165, 1.54) is 0 Å². The molecular weight excluding hydrogens is 350 g/mol. The Bertz CT molecular complexity index is 780. The van der Waals surface area contributed by atoms with E-state index in [4.69, 9.17) is 14.2 Å². The van der Waals surface area contributed by atoms with Gasteiger partial charge in [0.25, 0.3) is 0 Å². The molecule has 1 aliphatic heterocycles. The molecule has 2 aromatic rings. The summed E-state index contributed by atoms with van der Waals surface area (Å²) >= 11 is 1.74. The first-order valence-electron chi connectivity index (χ1n) is 8.42. The Morgan fingerprint density at radius 2 is 1.85 bits per heavy atom. The molecule has 5 nitrogen and oxygen atoms in total. The second-order valence-corrected chi connectivity index (χ2v) is 7.09. The highest BCUT2D eigenvalue weighted by molar-refractivity contribution is 7.99. The second-order valence-electron chi connectivity index (χ2n) is 5.91. The van der Waals surface area contributed by atoms with Gasteiger partial charge in [-0.05, 0) is 24.3 Å². The maximum Gasteiger partial charge on any atom is 0.228 e. The Morgan fingerprint density at radius 3 is 2.58 bits per heavy atom. The van der Waals surface area contributed by atoms with E-state index in [-0.39, 0.29) is 11.3 Å². The topological polar surface area (TPSA) is 48.0 Å². The van der Waals surface area contributed by atoms with Crippen molar-refractivity contribution in [3.63, 3.8) is 0 Å². The molecule has 3 rings (SSSR count). The van der Waals surface area contributed by atoms with Crippen LogP contribution in [0.1, 0.15) is 16.5 Å². The Balaban J connectivity index is 1.85.